The average Bonchev–Trinajstić information content (AvgIpc) is 3.05. The van der Waals surface area contributed by atoms with Crippen LogP contribution in [-0.4, -0.2) is 57.1 Å². The van der Waals surface area contributed by atoms with Gasteiger partial charge in [0.1, 0.15) is 0 Å². The van der Waals surface area contributed by atoms with E-state index in [1.165, 1.54) is 17.1 Å². The first-order chi connectivity index (χ1) is 8.58. The number of sulfonamides is 1. The fourth-order valence-electron chi connectivity index (χ4n) is 2.04. The molecule has 104 valence electrons. The lowest BCUT2D eigenvalue weighted by Gasteiger charge is -2.14. The molecule has 0 unspecified atom stereocenters. The van der Waals surface area contributed by atoms with Gasteiger partial charge in [-0.1, -0.05) is 0 Å². The summed E-state index contributed by atoms with van der Waals surface area (Å²) in [7, 11) is -3.04. The van der Waals surface area contributed by atoms with Crippen molar-refractivity contribution in [1.29, 1.82) is 0 Å². The lowest BCUT2D eigenvalue weighted by Crippen LogP contribution is -2.39. The number of nitrogens with zero attached hydrogens (tertiary/aromatic N) is 1. The smallest absolute Gasteiger partial charge is 0.234 e. The second kappa shape index (κ2) is 5.99. The summed E-state index contributed by atoms with van der Waals surface area (Å²) in [4.78, 5) is 11.4. The fraction of sp³-hybridized carbons (Fsp3) is 0.909. The van der Waals surface area contributed by atoms with Crippen molar-refractivity contribution < 1.29 is 13.2 Å². The van der Waals surface area contributed by atoms with Crippen molar-refractivity contribution in [2.75, 3.05) is 38.5 Å². The zero-order valence-corrected chi connectivity index (χ0v) is 11.3. The van der Waals surface area contributed by atoms with Gasteiger partial charge in [0.05, 0.1) is 12.3 Å². The van der Waals surface area contributed by atoms with Gasteiger partial charge in [-0.15, -0.1) is 0 Å². The third-order valence-corrected chi connectivity index (χ3v) is 5.26. The summed E-state index contributed by atoms with van der Waals surface area (Å²) in [5.74, 6) is 0.934. The summed E-state index contributed by atoms with van der Waals surface area (Å²) in [6, 6.07) is 0. The van der Waals surface area contributed by atoms with Gasteiger partial charge in [-0.05, 0) is 31.7 Å². The van der Waals surface area contributed by atoms with Crippen LogP contribution < -0.4 is 10.6 Å². The average molecular weight is 275 g/mol. The number of carbonyl (C=O) groups is 1. The molecule has 18 heavy (non-hydrogen) atoms. The summed E-state index contributed by atoms with van der Waals surface area (Å²) in [5.41, 5.74) is 0. The highest BCUT2D eigenvalue weighted by Gasteiger charge is 2.27. The Morgan fingerprint density at radius 2 is 2.11 bits per heavy atom. The Kier molecular flexibility index (Phi) is 4.58. The molecule has 7 heteroatoms. The molecule has 1 aliphatic carbocycles. The number of carbonyl (C=O) groups excluding carboxylic acids is 1. The van der Waals surface area contributed by atoms with E-state index in [-0.39, 0.29) is 11.7 Å². The Bertz CT molecular complexity index is 392. The van der Waals surface area contributed by atoms with Crippen molar-refractivity contribution >= 4 is 15.9 Å². The van der Waals surface area contributed by atoms with Gasteiger partial charge < -0.3 is 10.6 Å². The molecule has 1 aliphatic heterocycles. The van der Waals surface area contributed by atoms with Gasteiger partial charge in [-0.3, -0.25) is 4.79 Å². The van der Waals surface area contributed by atoms with Crippen molar-refractivity contribution in [2.45, 2.75) is 19.3 Å². The molecule has 0 spiro atoms. The fourth-order valence-corrected chi connectivity index (χ4v) is 3.57. The second-order valence-electron chi connectivity index (χ2n) is 4.99. The van der Waals surface area contributed by atoms with E-state index in [2.05, 4.69) is 10.6 Å². The lowest BCUT2D eigenvalue weighted by atomic mass is 10.4. The van der Waals surface area contributed by atoms with E-state index in [1.807, 2.05) is 0 Å². The van der Waals surface area contributed by atoms with Crippen LogP contribution in [0, 0.1) is 5.92 Å². The molecule has 1 heterocycles. The molecular weight excluding hydrogens is 254 g/mol. The molecule has 0 atom stereocenters. The summed E-state index contributed by atoms with van der Waals surface area (Å²) in [6.45, 7) is 2.59. The van der Waals surface area contributed by atoms with Gasteiger partial charge in [0.2, 0.25) is 15.9 Å². The summed E-state index contributed by atoms with van der Waals surface area (Å²) in [5, 5.41) is 5.83. The first-order valence-electron chi connectivity index (χ1n) is 6.53. The summed E-state index contributed by atoms with van der Waals surface area (Å²) < 4.78 is 24.4. The van der Waals surface area contributed by atoms with Crippen LogP contribution in [0.2, 0.25) is 0 Å². The van der Waals surface area contributed by atoms with E-state index < -0.39 is 10.0 Å². The molecular formula is C11H21N3O3S. The van der Waals surface area contributed by atoms with Crippen LogP contribution in [0.3, 0.4) is 0 Å². The highest BCUT2D eigenvalue weighted by Crippen LogP contribution is 2.27. The van der Waals surface area contributed by atoms with Crippen LogP contribution >= 0.6 is 0 Å². The molecule has 1 saturated carbocycles. The SMILES string of the molecule is O=C(CNCC1CC1)NCCN1CCCS1(=O)=O. The molecule has 2 rings (SSSR count). The Balaban J connectivity index is 1.55. The highest BCUT2D eigenvalue weighted by molar-refractivity contribution is 7.89. The maximum Gasteiger partial charge on any atom is 0.234 e. The second-order valence-corrected chi connectivity index (χ2v) is 7.08. The van der Waals surface area contributed by atoms with Crippen LogP contribution in [0.5, 0.6) is 0 Å². The van der Waals surface area contributed by atoms with Gasteiger partial charge in [0, 0.05) is 19.6 Å². The van der Waals surface area contributed by atoms with E-state index >= 15 is 0 Å². The molecule has 2 N–H and O–H groups in total. The molecule has 0 aromatic carbocycles. The predicted octanol–water partition coefficient (Wildman–Crippen LogP) is -0.862. The minimum atomic E-state index is -3.04. The van der Waals surface area contributed by atoms with Crippen LogP contribution in [0.4, 0.5) is 0 Å². The standard InChI is InChI=1S/C11H21N3O3S/c15-11(9-12-8-10-2-3-10)13-4-6-14-5-1-7-18(14,16)17/h10,12H,1-9H2,(H,13,15). The monoisotopic (exact) mass is 275 g/mol. The van der Waals surface area contributed by atoms with Crippen molar-refractivity contribution in [3.63, 3.8) is 0 Å². The third kappa shape index (κ3) is 4.22. The Hall–Kier alpha value is -0.660. The largest absolute Gasteiger partial charge is 0.354 e. The Labute approximate surface area is 108 Å². The number of hydrogen-bond donors (Lipinski definition) is 2. The van der Waals surface area contributed by atoms with Crippen molar-refractivity contribution in [3.8, 4) is 0 Å². The van der Waals surface area contributed by atoms with Gasteiger partial charge >= 0.3 is 0 Å². The predicted molar refractivity (Wildman–Crippen MR) is 68.6 cm³/mol. The number of hydrogen-bond acceptors (Lipinski definition) is 4. The minimum Gasteiger partial charge on any atom is -0.354 e. The van der Waals surface area contributed by atoms with Gasteiger partial charge in [-0.25, -0.2) is 12.7 Å². The number of rotatable bonds is 7. The molecule has 1 amide bonds. The van der Waals surface area contributed by atoms with Gasteiger partial charge in [-0.2, -0.15) is 0 Å². The van der Waals surface area contributed by atoms with Crippen LogP contribution in [0.15, 0.2) is 0 Å². The van der Waals surface area contributed by atoms with Crippen LogP contribution in [-0.2, 0) is 14.8 Å². The highest BCUT2D eigenvalue weighted by atomic mass is 32.2. The molecule has 0 bridgehead atoms. The normalized spacial score (nSPS) is 23.1. The summed E-state index contributed by atoms with van der Waals surface area (Å²) >= 11 is 0. The maximum absolute atomic E-state index is 11.5. The zero-order valence-electron chi connectivity index (χ0n) is 10.5. The maximum atomic E-state index is 11.5. The third-order valence-electron chi connectivity index (χ3n) is 3.30. The number of nitrogens with one attached hydrogen (secondary N) is 2. The van der Waals surface area contributed by atoms with Crippen molar-refractivity contribution in [1.82, 2.24) is 14.9 Å². The molecule has 0 radical (unpaired) electrons. The first-order valence-corrected chi connectivity index (χ1v) is 8.14. The van der Waals surface area contributed by atoms with Crippen LogP contribution in [0.1, 0.15) is 19.3 Å². The van der Waals surface area contributed by atoms with Crippen molar-refractivity contribution in [2.24, 2.45) is 5.92 Å². The van der Waals surface area contributed by atoms with Gasteiger partial charge in [0.15, 0.2) is 0 Å². The van der Waals surface area contributed by atoms with Gasteiger partial charge in [0.25, 0.3) is 0 Å². The molecule has 1 saturated heterocycles. The Morgan fingerprint density at radius 3 is 2.72 bits per heavy atom. The number of amides is 1. The van der Waals surface area contributed by atoms with E-state index in [9.17, 15) is 13.2 Å². The molecule has 2 aliphatic rings. The Morgan fingerprint density at radius 1 is 1.33 bits per heavy atom. The summed E-state index contributed by atoms with van der Waals surface area (Å²) in [6.07, 6.45) is 3.22. The lowest BCUT2D eigenvalue weighted by molar-refractivity contribution is -0.120. The van der Waals surface area contributed by atoms with E-state index in [4.69, 9.17) is 0 Å². The quantitative estimate of drug-likeness (QED) is 0.633. The zero-order chi connectivity index (χ0) is 13.0. The minimum absolute atomic E-state index is 0.0627. The van der Waals surface area contributed by atoms with Crippen molar-refractivity contribution in [3.05, 3.63) is 0 Å². The first kappa shape index (κ1) is 13.8. The molecule has 0 aromatic rings. The van der Waals surface area contributed by atoms with E-state index in [0.717, 1.165) is 12.5 Å². The van der Waals surface area contributed by atoms with Crippen LogP contribution in [0.25, 0.3) is 0 Å². The van der Waals surface area contributed by atoms with E-state index in [0.29, 0.717) is 32.6 Å². The van der Waals surface area contributed by atoms with E-state index in [1.54, 1.807) is 0 Å². The topological polar surface area (TPSA) is 78.5 Å². The molecule has 0 aromatic heterocycles. The molecule has 6 nitrogen and oxygen atoms in total. The molecule has 2 fully saturated rings.